The van der Waals surface area contributed by atoms with E-state index in [1.807, 2.05) is 32.0 Å². The van der Waals surface area contributed by atoms with Crippen LogP contribution in [0.3, 0.4) is 0 Å². The molecule has 0 aliphatic heterocycles. The molecule has 20 heavy (non-hydrogen) atoms. The van der Waals surface area contributed by atoms with Crippen molar-refractivity contribution in [1.82, 2.24) is 0 Å². The summed E-state index contributed by atoms with van der Waals surface area (Å²) in [5, 5.41) is 5.53. The molecule has 2 aromatic rings. The lowest BCUT2D eigenvalue weighted by Gasteiger charge is -2.13. The fourth-order valence-electron chi connectivity index (χ4n) is 2.01. The second kappa shape index (κ2) is 6.19. The maximum absolute atomic E-state index is 12.8. The largest absolute Gasteiger partial charge is 0.323 e. The second-order valence-corrected chi connectivity index (χ2v) is 4.55. The van der Waals surface area contributed by atoms with Gasteiger partial charge in [-0.3, -0.25) is 0 Å². The zero-order valence-corrected chi connectivity index (χ0v) is 11.5. The Balaban J connectivity index is 2.10. The number of halogens is 1. The molecule has 0 fully saturated rings. The molecule has 0 bridgehead atoms. The Kier molecular flexibility index (Phi) is 4.35. The quantitative estimate of drug-likeness (QED) is 0.857. The summed E-state index contributed by atoms with van der Waals surface area (Å²) in [6, 6.07) is 11.2. The predicted molar refractivity (Wildman–Crippen MR) is 79.6 cm³/mol. The molecule has 0 atom stereocenters. The summed E-state index contributed by atoms with van der Waals surface area (Å²) in [4.78, 5) is 12.0. The number of urea groups is 1. The summed E-state index contributed by atoms with van der Waals surface area (Å²) in [7, 11) is 0. The zero-order chi connectivity index (χ0) is 14.5. The third-order valence-corrected chi connectivity index (χ3v) is 3.08. The average Bonchev–Trinajstić information content (AvgIpc) is 2.43. The van der Waals surface area contributed by atoms with Gasteiger partial charge in [-0.15, -0.1) is 0 Å². The minimum absolute atomic E-state index is 0.330. The first-order chi connectivity index (χ1) is 9.60. The number of hydrogen-bond donors (Lipinski definition) is 2. The number of hydrogen-bond acceptors (Lipinski definition) is 1. The standard InChI is InChI=1S/C16H17FN2O/c1-3-12-6-4-5-11(2)15(12)19-16(20)18-14-9-7-13(17)8-10-14/h4-10H,3H2,1-2H3,(H2,18,19,20). The lowest BCUT2D eigenvalue weighted by Crippen LogP contribution is -2.20. The van der Waals surface area contributed by atoms with Crippen molar-refractivity contribution in [3.05, 3.63) is 59.4 Å². The topological polar surface area (TPSA) is 41.1 Å². The maximum atomic E-state index is 12.8. The molecule has 0 spiro atoms. The number of rotatable bonds is 3. The molecule has 0 aliphatic rings. The minimum atomic E-state index is -0.333. The molecule has 0 aromatic heterocycles. The highest BCUT2D eigenvalue weighted by atomic mass is 19.1. The average molecular weight is 272 g/mol. The summed E-state index contributed by atoms with van der Waals surface area (Å²) in [6.07, 6.45) is 0.841. The van der Waals surface area contributed by atoms with Crippen molar-refractivity contribution in [1.29, 1.82) is 0 Å². The lowest BCUT2D eigenvalue weighted by molar-refractivity contribution is 0.262. The molecule has 0 aliphatic carbocycles. The zero-order valence-electron chi connectivity index (χ0n) is 11.5. The first-order valence-corrected chi connectivity index (χ1v) is 6.52. The van der Waals surface area contributed by atoms with Gasteiger partial charge in [-0.25, -0.2) is 9.18 Å². The van der Waals surface area contributed by atoms with Crippen LogP contribution in [0.2, 0.25) is 0 Å². The van der Waals surface area contributed by atoms with Crippen LogP contribution >= 0.6 is 0 Å². The van der Waals surface area contributed by atoms with Gasteiger partial charge >= 0.3 is 6.03 Å². The molecular weight excluding hydrogens is 255 g/mol. The van der Waals surface area contributed by atoms with Crippen LogP contribution in [0.15, 0.2) is 42.5 Å². The van der Waals surface area contributed by atoms with Crippen molar-refractivity contribution in [2.75, 3.05) is 10.6 Å². The second-order valence-electron chi connectivity index (χ2n) is 4.55. The molecule has 0 saturated heterocycles. The maximum Gasteiger partial charge on any atom is 0.323 e. The lowest BCUT2D eigenvalue weighted by atomic mass is 10.1. The van der Waals surface area contributed by atoms with Gasteiger partial charge in [0.25, 0.3) is 0 Å². The number of carbonyl (C=O) groups excluding carboxylic acids is 1. The third-order valence-electron chi connectivity index (χ3n) is 3.08. The van der Waals surface area contributed by atoms with Crippen molar-refractivity contribution in [2.45, 2.75) is 20.3 Å². The molecule has 2 N–H and O–H groups in total. The van der Waals surface area contributed by atoms with Crippen LogP contribution in [0, 0.1) is 12.7 Å². The molecule has 3 nitrogen and oxygen atoms in total. The molecule has 2 rings (SSSR count). The predicted octanol–water partition coefficient (Wildman–Crippen LogP) is 4.34. The molecule has 4 heteroatoms. The first kappa shape index (κ1) is 14.1. The van der Waals surface area contributed by atoms with E-state index in [4.69, 9.17) is 0 Å². The Bertz CT molecular complexity index is 608. The number of anilines is 2. The van der Waals surface area contributed by atoms with E-state index in [-0.39, 0.29) is 11.8 Å². The Labute approximate surface area is 117 Å². The highest BCUT2D eigenvalue weighted by Crippen LogP contribution is 2.21. The minimum Gasteiger partial charge on any atom is -0.308 e. The van der Waals surface area contributed by atoms with Gasteiger partial charge in [-0.2, -0.15) is 0 Å². The van der Waals surface area contributed by atoms with E-state index in [9.17, 15) is 9.18 Å². The van der Waals surface area contributed by atoms with E-state index in [2.05, 4.69) is 10.6 Å². The smallest absolute Gasteiger partial charge is 0.308 e. The summed E-state index contributed by atoms with van der Waals surface area (Å²) in [6.45, 7) is 3.99. The van der Waals surface area contributed by atoms with Crippen molar-refractivity contribution < 1.29 is 9.18 Å². The SMILES string of the molecule is CCc1cccc(C)c1NC(=O)Nc1ccc(F)cc1. The molecule has 0 radical (unpaired) electrons. The monoisotopic (exact) mass is 272 g/mol. The fourth-order valence-corrected chi connectivity index (χ4v) is 2.01. The van der Waals surface area contributed by atoms with Crippen LogP contribution in [-0.4, -0.2) is 6.03 Å². The van der Waals surface area contributed by atoms with Crippen LogP contribution in [0.4, 0.5) is 20.6 Å². The number of benzene rings is 2. The van der Waals surface area contributed by atoms with Gasteiger partial charge in [0.15, 0.2) is 0 Å². The van der Waals surface area contributed by atoms with Crippen molar-refractivity contribution in [2.24, 2.45) is 0 Å². The van der Waals surface area contributed by atoms with Gasteiger partial charge < -0.3 is 10.6 Å². The Morgan fingerprint density at radius 1 is 1.10 bits per heavy atom. The molecule has 2 aromatic carbocycles. The van der Waals surface area contributed by atoms with E-state index in [1.54, 1.807) is 0 Å². The molecule has 0 unspecified atom stereocenters. The van der Waals surface area contributed by atoms with Crippen molar-refractivity contribution >= 4 is 17.4 Å². The summed E-state index contributed by atoms with van der Waals surface area (Å²) in [5.74, 6) is -0.330. The number of aryl methyl sites for hydroxylation is 2. The molecule has 104 valence electrons. The highest BCUT2D eigenvalue weighted by Gasteiger charge is 2.08. The van der Waals surface area contributed by atoms with Gasteiger partial charge in [-0.1, -0.05) is 25.1 Å². The van der Waals surface area contributed by atoms with Crippen molar-refractivity contribution in [3.63, 3.8) is 0 Å². The van der Waals surface area contributed by atoms with Crippen LogP contribution in [0.25, 0.3) is 0 Å². The fraction of sp³-hybridized carbons (Fsp3) is 0.188. The van der Waals surface area contributed by atoms with Gasteiger partial charge in [0.1, 0.15) is 5.82 Å². The normalized spacial score (nSPS) is 10.2. The van der Waals surface area contributed by atoms with E-state index < -0.39 is 0 Å². The van der Waals surface area contributed by atoms with Gasteiger partial charge in [0, 0.05) is 11.4 Å². The van der Waals surface area contributed by atoms with Crippen LogP contribution in [0.1, 0.15) is 18.1 Å². The number of para-hydroxylation sites is 1. The molecule has 0 heterocycles. The highest BCUT2D eigenvalue weighted by molar-refractivity contribution is 6.00. The Hall–Kier alpha value is -2.36. The summed E-state index contributed by atoms with van der Waals surface area (Å²) < 4.78 is 12.8. The van der Waals surface area contributed by atoms with Gasteiger partial charge in [0.2, 0.25) is 0 Å². The van der Waals surface area contributed by atoms with Crippen LogP contribution < -0.4 is 10.6 Å². The van der Waals surface area contributed by atoms with E-state index in [1.165, 1.54) is 24.3 Å². The Morgan fingerprint density at radius 2 is 1.80 bits per heavy atom. The molecule has 0 saturated carbocycles. The first-order valence-electron chi connectivity index (χ1n) is 6.52. The number of nitrogens with one attached hydrogen (secondary N) is 2. The van der Waals surface area contributed by atoms with Crippen molar-refractivity contribution in [3.8, 4) is 0 Å². The van der Waals surface area contributed by atoms with Gasteiger partial charge in [0.05, 0.1) is 0 Å². The summed E-state index contributed by atoms with van der Waals surface area (Å²) >= 11 is 0. The number of carbonyl (C=O) groups is 1. The third kappa shape index (κ3) is 3.35. The van der Waals surface area contributed by atoms with Gasteiger partial charge in [-0.05, 0) is 48.7 Å². The Morgan fingerprint density at radius 3 is 2.45 bits per heavy atom. The van der Waals surface area contributed by atoms with E-state index in [0.717, 1.165) is 23.2 Å². The number of amides is 2. The van der Waals surface area contributed by atoms with Crippen LogP contribution in [0.5, 0.6) is 0 Å². The van der Waals surface area contributed by atoms with E-state index in [0.29, 0.717) is 5.69 Å². The molecule has 2 amide bonds. The van der Waals surface area contributed by atoms with E-state index >= 15 is 0 Å². The molecular formula is C16H17FN2O. The summed E-state index contributed by atoms with van der Waals surface area (Å²) in [5.41, 5.74) is 3.48. The van der Waals surface area contributed by atoms with Crippen LogP contribution in [-0.2, 0) is 6.42 Å².